The molecule has 0 radical (unpaired) electrons. The summed E-state index contributed by atoms with van der Waals surface area (Å²) in [5, 5.41) is 2.94. The fraction of sp³-hybridized carbons (Fsp3) is 0.118. The summed E-state index contributed by atoms with van der Waals surface area (Å²) in [6, 6.07) is 19.7. The molecule has 0 spiro atoms. The molecule has 1 amide bonds. The monoisotopic (exact) mass is 251 g/mol. The summed E-state index contributed by atoms with van der Waals surface area (Å²) in [6.07, 6.45) is 3.38. The number of rotatable bonds is 4. The predicted octanol–water partition coefficient (Wildman–Crippen LogP) is 3.58. The second-order valence-corrected chi connectivity index (χ2v) is 4.38. The van der Waals surface area contributed by atoms with Crippen LogP contribution < -0.4 is 5.32 Å². The molecule has 0 aliphatic heterocycles. The molecule has 0 fully saturated rings. The Hall–Kier alpha value is -2.35. The number of amides is 1. The number of nitrogens with one attached hydrogen (secondary N) is 1. The van der Waals surface area contributed by atoms with Gasteiger partial charge in [0.1, 0.15) is 0 Å². The van der Waals surface area contributed by atoms with Gasteiger partial charge < -0.3 is 5.32 Å². The Morgan fingerprint density at radius 2 is 1.58 bits per heavy atom. The van der Waals surface area contributed by atoms with Crippen molar-refractivity contribution < 1.29 is 4.79 Å². The van der Waals surface area contributed by atoms with E-state index in [1.807, 2.05) is 73.7 Å². The Morgan fingerprint density at radius 1 is 1.00 bits per heavy atom. The van der Waals surface area contributed by atoms with Crippen molar-refractivity contribution in [2.75, 3.05) is 0 Å². The van der Waals surface area contributed by atoms with E-state index in [0.717, 1.165) is 11.1 Å². The Bertz CT molecular complexity index is 546. The maximum atomic E-state index is 11.8. The lowest BCUT2D eigenvalue weighted by atomic mass is 10.1. The average Bonchev–Trinajstić information content (AvgIpc) is 2.47. The zero-order valence-electron chi connectivity index (χ0n) is 10.9. The van der Waals surface area contributed by atoms with Gasteiger partial charge in [0.25, 0.3) is 0 Å². The number of benzene rings is 2. The van der Waals surface area contributed by atoms with Crippen molar-refractivity contribution in [1.29, 1.82) is 0 Å². The summed E-state index contributed by atoms with van der Waals surface area (Å²) in [4.78, 5) is 11.8. The fourth-order valence-corrected chi connectivity index (χ4v) is 1.82. The first kappa shape index (κ1) is 13.1. The van der Waals surface area contributed by atoms with E-state index < -0.39 is 0 Å². The topological polar surface area (TPSA) is 29.1 Å². The lowest BCUT2D eigenvalue weighted by Gasteiger charge is -2.12. The van der Waals surface area contributed by atoms with Crippen LogP contribution in [0.5, 0.6) is 0 Å². The van der Waals surface area contributed by atoms with E-state index in [2.05, 4.69) is 5.32 Å². The van der Waals surface area contributed by atoms with Gasteiger partial charge in [0.2, 0.25) is 5.91 Å². The van der Waals surface area contributed by atoms with E-state index in [4.69, 9.17) is 0 Å². The van der Waals surface area contributed by atoms with Crippen LogP contribution in [-0.2, 0) is 4.79 Å². The number of hydrogen-bond donors (Lipinski definition) is 1. The van der Waals surface area contributed by atoms with Crippen LogP contribution in [0.15, 0.2) is 66.7 Å². The first-order valence-electron chi connectivity index (χ1n) is 6.34. The summed E-state index contributed by atoms with van der Waals surface area (Å²) in [6.45, 7) is 1.98. The molecule has 2 heteroatoms. The minimum absolute atomic E-state index is 0.00845. The van der Waals surface area contributed by atoms with E-state index in [-0.39, 0.29) is 11.9 Å². The molecule has 1 N–H and O–H groups in total. The molecule has 0 saturated carbocycles. The van der Waals surface area contributed by atoms with Crippen molar-refractivity contribution >= 4 is 12.0 Å². The van der Waals surface area contributed by atoms with Crippen LogP contribution in [-0.4, -0.2) is 5.91 Å². The minimum Gasteiger partial charge on any atom is -0.346 e. The predicted molar refractivity (Wildman–Crippen MR) is 78.5 cm³/mol. The van der Waals surface area contributed by atoms with E-state index in [0.29, 0.717) is 0 Å². The van der Waals surface area contributed by atoms with Gasteiger partial charge in [0.15, 0.2) is 0 Å². The molecule has 0 aliphatic carbocycles. The summed E-state index contributed by atoms with van der Waals surface area (Å²) in [7, 11) is 0. The maximum absolute atomic E-state index is 11.8. The first-order valence-corrected chi connectivity index (χ1v) is 6.34. The molecule has 2 rings (SSSR count). The molecule has 2 aromatic rings. The standard InChI is InChI=1S/C17H17NO/c1-14(16-10-6-3-7-11-16)18-17(19)13-12-15-8-4-2-5-9-15/h2-14H,1H3,(H,18,19)/t14-/m1/s1. The lowest BCUT2D eigenvalue weighted by Crippen LogP contribution is -2.24. The van der Waals surface area contributed by atoms with E-state index in [1.165, 1.54) is 0 Å². The molecular weight excluding hydrogens is 234 g/mol. The Balaban J connectivity index is 1.93. The lowest BCUT2D eigenvalue weighted by molar-refractivity contribution is -0.117. The minimum atomic E-state index is -0.0831. The molecule has 0 heterocycles. The van der Waals surface area contributed by atoms with Gasteiger partial charge in [-0.15, -0.1) is 0 Å². The van der Waals surface area contributed by atoms with Gasteiger partial charge in [-0.2, -0.15) is 0 Å². The second-order valence-electron chi connectivity index (χ2n) is 4.38. The molecular formula is C17H17NO. The molecule has 0 saturated heterocycles. The SMILES string of the molecule is C[C@@H](NC(=O)C=Cc1ccccc1)c1ccccc1. The van der Waals surface area contributed by atoms with E-state index in [9.17, 15) is 4.79 Å². The summed E-state index contributed by atoms with van der Waals surface area (Å²) in [5.41, 5.74) is 2.12. The highest BCUT2D eigenvalue weighted by Gasteiger charge is 2.06. The summed E-state index contributed by atoms with van der Waals surface area (Å²) >= 11 is 0. The van der Waals surface area contributed by atoms with Gasteiger partial charge >= 0.3 is 0 Å². The zero-order chi connectivity index (χ0) is 13.5. The Kier molecular flexibility index (Phi) is 4.51. The normalized spacial score (nSPS) is 12.3. The third-order valence-corrected chi connectivity index (χ3v) is 2.89. The number of hydrogen-bond acceptors (Lipinski definition) is 1. The quantitative estimate of drug-likeness (QED) is 0.827. The molecule has 2 aromatic carbocycles. The number of carbonyl (C=O) groups is 1. The third-order valence-electron chi connectivity index (χ3n) is 2.89. The smallest absolute Gasteiger partial charge is 0.244 e. The van der Waals surface area contributed by atoms with Crippen LogP contribution in [0.3, 0.4) is 0 Å². The van der Waals surface area contributed by atoms with Crippen molar-refractivity contribution in [2.24, 2.45) is 0 Å². The average molecular weight is 251 g/mol. The van der Waals surface area contributed by atoms with E-state index in [1.54, 1.807) is 6.08 Å². The number of carbonyl (C=O) groups excluding carboxylic acids is 1. The molecule has 0 aliphatic rings. The van der Waals surface area contributed by atoms with Gasteiger partial charge in [-0.25, -0.2) is 0 Å². The van der Waals surface area contributed by atoms with Crippen LogP contribution in [0.1, 0.15) is 24.1 Å². The highest BCUT2D eigenvalue weighted by atomic mass is 16.1. The molecule has 0 bridgehead atoms. The van der Waals surface area contributed by atoms with Crippen molar-refractivity contribution in [3.63, 3.8) is 0 Å². The van der Waals surface area contributed by atoms with Gasteiger partial charge in [-0.1, -0.05) is 60.7 Å². The molecule has 19 heavy (non-hydrogen) atoms. The van der Waals surface area contributed by atoms with Crippen molar-refractivity contribution in [2.45, 2.75) is 13.0 Å². The Labute approximate surface area is 113 Å². The molecule has 2 nitrogen and oxygen atoms in total. The van der Waals surface area contributed by atoms with Crippen LogP contribution in [0.25, 0.3) is 6.08 Å². The fourth-order valence-electron chi connectivity index (χ4n) is 1.82. The van der Waals surface area contributed by atoms with Crippen molar-refractivity contribution in [1.82, 2.24) is 5.32 Å². The zero-order valence-corrected chi connectivity index (χ0v) is 10.9. The van der Waals surface area contributed by atoms with Crippen LogP contribution in [0.2, 0.25) is 0 Å². The van der Waals surface area contributed by atoms with Gasteiger partial charge in [0.05, 0.1) is 6.04 Å². The molecule has 1 atom stereocenters. The van der Waals surface area contributed by atoms with Crippen molar-refractivity contribution in [3.05, 3.63) is 77.9 Å². The molecule has 96 valence electrons. The maximum Gasteiger partial charge on any atom is 0.244 e. The van der Waals surface area contributed by atoms with Crippen LogP contribution in [0, 0.1) is 0 Å². The molecule has 0 unspecified atom stereocenters. The van der Waals surface area contributed by atoms with E-state index >= 15 is 0 Å². The first-order chi connectivity index (χ1) is 9.25. The van der Waals surface area contributed by atoms with Gasteiger partial charge in [-0.3, -0.25) is 4.79 Å². The highest BCUT2D eigenvalue weighted by Crippen LogP contribution is 2.11. The third kappa shape index (κ3) is 4.11. The summed E-state index contributed by atoms with van der Waals surface area (Å²) in [5.74, 6) is -0.0831. The van der Waals surface area contributed by atoms with Crippen LogP contribution in [0.4, 0.5) is 0 Å². The van der Waals surface area contributed by atoms with Crippen molar-refractivity contribution in [3.8, 4) is 0 Å². The van der Waals surface area contributed by atoms with Gasteiger partial charge in [-0.05, 0) is 24.1 Å². The molecule has 0 aromatic heterocycles. The summed E-state index contributed by atoms with van der Waals surface area (Å²) < 4.78 is 0. The highest BCUT2D eigenvalue weighted by molar-refractivity contribution is 5.91. The van der Waals surface area contributed by atoms with Crippen LogP contribution >= 0.6 is 0 Å². The van der Waals surface area contributed by atoms with Gasteiger partial charge in [0, 0.05) is 6.08 Å². The second kappa shape index (κ2) is 6.55. The largest absolute Gasteiger partial charge is 0.346 e. The Morgan fingerprint density at radius 3 is 2.21 bits per heavy atom.